The Balaban J connectivity index is 1.90. The molecular weight excluding hydrogens is 242 g/mol. The van der Waals surface area contributed by atoms with Crippen LogP contribution >= 0.6 is 0 Å². The van der Waals surface area contributed by atoms with Crippen molar-refractivity contribution in [3.63, 3.8) is 0 Å². The monoisotopic (exact) mass is 263 g/mol. The Morgan fingerprint density at radius 1 is 1.42 bits per heavy atom. The Morgan fingerprint density at radius 2 is 2.21 bits per heavy atom. The fraction of sp³-hybridized carbons (Fsp3) is 0.533. The Labute approximate surface area is 114 Å². The van der Waals surface area contributed by atoms with Gasteiger partial charge >= 0.3 is 0 Å². The number of benzene rings is 1. The van der Waals surface area contributed by atoms with Gasteiger partial charge in [0.2, 0.25) is 0 Å². The minimum Gasteiger partial charge on any atom is -0.484 e. The van der Waals surface area contributed by atoms with Crippen LogP contribution in [0.4, 0.5) is 0 Å². The molecule has 0 saturated carbocycles. The van der Waals surface area contributed by atoms with Crippen molar-refractivity contribution in [3.8, 4) is 5.75 Å². The summed E-state index contributed by atoms with van der Waals surface area (Å²) in [4.78, 5) is 13.9. The summed E-state index contributed by atoms with van der Waals surface area (Å²) in [6.07, 6.45) is 0. The second kappa shape index (κ2) is 6.06. The van der Waals surface area contributed by atoms with Crippen molar-refractivity contribution in [2.45, 2.75) is 26.8 Å². The van der Waals surface area contributed by atoms with E-state index in [2.05, 4.69) is 6.92 Å². The molecule has 0 bridgehead atoms. The highest BCUT2D eigenvalue weighted by Crippen LogP contribution is 2.16. The Kier molecular flexibility index (Phi) is 4.43. The highest BCUT2D eigenvalue weighted by atomic mass is 16.5. The molecule has 1 heterocycles. The largest absolute Gasteiger partial charge is 0.484 e. The second-order valence-corrected chi connectivity index (χ2v) is 5.05. The number of carbonyl (C=O) groups excluding carboxylic acids is 1. The molecule has 1 atom stereocenters. The highest BCUT2D eigenvalue weighted by Gasteiger charge is 2.23. The van der Waals surface area contributed by atoms with Crippen molar-refractivity contribution in [3.05, 3.63) is 29.3 Å². The number of carbonyl (C=O) groups is 1. The van der Waals surface area contributed by atoms with Crippen molar-refractivity contribution < 1.29 is 14.3 Å². The minimum atomic E-state index is 0.0222. The molecule has 104 valence electrons. The molecule has 4 heteroatoms. The van der Waals surface area contributed by atoms with E-state index >= 15 is 0 Å². The van der Waals surface area contributed by atoms with E-state index in [0.717, 1.165) is 5.75 Å². The molecule has 1 aromatic rings. The molecule has 1 aliphatic heterocycles. The van der Waals surface area contributed by atoms with Crippen molar-refractivity contribution in [1.29, 1.82) is 0 Å². The van der Waals surface area contributed by atoms with Crippen LogP contribution in [0.2, 0.25) is 0 Å². The van der Waals surface area contributed by atoms with E-state index in [1.165, 1.54) is 11.1 Å². The van der Waals surface area contributed by atoms with Crippen LogP contribution in [0.1, 0.15) is 18.1 Å². The summed E-state index contributed by atoms with van der Waals surface area (Å²) in [5, 5.41) is 0. The van der Waals surface area contributed by atoms with E-state index in [4.69, 9.17) is 9.47 Å². The van der Waals surface area contributed by atoms with E-state index in [0.29, 0.717) is 19.8 Å². The summed E-state index contributed by atoms with van der Waals surface area (Å²) < 4.78 is 10.9. The van der Waals surface area contributed by atoms with Crippen molar-refractivity contribution in [2.75, 3.05) is 26.4 Å². The normalized spacial score (nSPS) is 19.3. The van der Waals surface area contributed by atoms with Crippen LogP contribution in [0.25, 0.3) is 0 Å². The van der Waals surface area contributed by atoms with Crippen LogP contribution in [0, 0.1) is 13.8 Å². The molecule has 1 aliphatic rings. The second-order valence-electron chi connectivity index (χ2n) is 5.05. The minimum absolute atomic E-state index is 0.0222. The van der Waals surface area contributed by atoms with Gasteiger partial charge in [0, 0.05) is 6.54 Å². The Hall–Kier alpha value is -1.55. The van der Waals surface area contributed by atoms with Gasteiger partial charge in [0.15, 0.2) is 6.61 Å². The molecule has 2 rings (SSSR count). The number of aryl methyl sites for hydroxylation is 2. The first-order chi connectivity index (χ1) is 9.08. The molecule has 1 unspecified atom stereocenters. The first-order valence-electron chi connectivity index (χ1n) is 6.65. The summed E-state index contributed by atoms with van der Waals surface area (Å²) in [5.74, 6) is 0.770. The molecule has 1 aromatic carbocycles. The molecule has 0 aromatic heterocycles. The number of hydrogen-bond donors (Lipinski definition) is 0. The highest BCUT2D eigenvalue weighted by molar-refractivity contribution is 5.78. The first kappa shape index (κ1) is 13.9. The number of hydrogen-bond acceptors (Lipinski definition) is 3. The van der Waals surface area contributed by atoms with Gasteiger partial charge in [0.25, 0.3) is 5.91 Å². The number of amides is 1. The SMILES string of the molecule is Cc1ccc(OCC(=O)N2CCOCC2C)cc1C. The molecule has 0 spiro atoms. The summed E-state index contributed by atoms with van der Waals surface area (Å²) in [7, 11) is 0. The number of morpholine rings is 1. The fourth-order valence-electron chi connectivity index (χ4n) is 2.13. The Bertz CT molecular complexity index is 459. The van der Waals surface area contributed by atoms with E-state index in [1.807, 2.05) is 36.9 Å². The zero-order valence-electron chi connectivity index (χ0n) is 11.8. The molecule has 1 fully saturated rings. The standard InChI is InChI=1S/C15H21NO3/c1-11-4-5-14(8-12(11)2)19-10-15(17)16-6-7-18-9-13(16)3/h4-5,8,13H,6-7,9-10H2,1-3H3. The van der Waals surface area contributed by atoms with Gasteiger partial charge in [-0.05, 0) is 44.0 Å². The van der Waals surface area contributed by atoms with Crippen molar-refractivity contribution >= 4 is 5.91 Å². The van der Waals surface area contributed by atoms with Crippen LogP contribution in [0.5, 0.6) is 5.75 Å². The lowest BCUT2D eigenvalue weighted by molar-refractivity contribution is -0.141. The van der Waals surface area contributed by atoms with E-state index < -0.39 is 0 Å². The van der Waals surface area contributed by atoms with Gasteiger partial charge in [-0.3, -0.25) is 4.79 Å². The lowest BCUT2D eigenvalue weighted by Crippen LogP contribution is -2.48. The maximum absolute atomic E-state index is 12.1. The molecule has 4 nitrogen and oxygen atoms in total. The van der Waals surface area contributed by atoms with Gasteiger partial charge in [-0.15, -0.1) is 0 Å². The predicted molar refractivity (Wildman–Crippen MR) is 73.4 cm³/mol. The third kappa shape index (κ3) is 3.47. The smallest absolute Gasteiger partial charge is 0.260 e. The van der Waals surface area contributed by atoms with E-state index in [-0.39, 0.29) is 18.6 Å². The van der Waals surface area contributed by atoms with Crippen LogP contribution in [-0.2, 0) is 9.53 Å². The summed E-state index contributed by atoms with van der Waals surface area (Å²) >= 11 is 0. The lowest BCUT2D eigenvalue weighted by atomic mass is 10.1. The van der Waals surface area contributed by atoms with Gasteiger partial charge in [0.1, 0.15) is 5.75 Å². The average molecular weight is 263 g/mol. The van der Waals surface area contributed by atoms with Crippen LogP contribution in [-0.4, -0.2) is 43.2 Å². The summed E-state index contributed by atoms with van der Waals surface area (Å²) in [6.45, 7) is 8.04. The third-order valence-corrected chi connectivity index (χ3v) is 3.53. The van der Waals surface area contributed by atoms with Gasteiger partial charge in [-0.25, -0.2) is 0 Å². The van der Waals surface area contributed by atoms with Crippen LogP contribution in [0.15, 0.2) is 18.2 Å². The molecular formula is C15H21NO3. The topological polar surface area (TPSA) is 38.8 Å². The van der Waals surface area contributed by atoms with E-state index in [1.54, 1.807) is 0 Å². The molecule has 19 heavy (non-hydrogen) atoms. The van der Waals surface area contributed by atoms with Gasteiger partial charge in [0.05, 0.1) is 19.3 Å². The van der Waals surface area contributed by atoms with Crippen molar-refractivity contribution in [2.24, 2.45) is 0 Å². The molecule has 0 aliphatic carbocycles. The van der Waals surface area contributed by atoms with Crippen LogP contribution in [0.3, 0.4) is 0 Å². The molecule has 0 radical (unpaired) electrons. The molecule has 1 amide bonds. The lowest BCUT2D eigenvalue weighted by Gasteiger charge is -2.33. The van der Waals surface area contributed by atoms with Gasteiger partial charge in [-0.1, -0.05) is 6.07 Å². The molecule has 1 saturated heterocycles. The van der Waals surface area contributed by atoms with Crippen LogP contribution < -0.4 is 4.74 Å². The maximum atomic E-state index is 12.1. The zero-order valence-corrected chi connectivity index (χ0v) is 11.8. The number of rotatable bonds is 3. The van der Waals surface area contributed by atoms with Crippen molar-refractivity contribution in [1.82, 2.24) is 4.90 Å². The van der Waals surface area contributed by atoms with Gasteiger partial charge < -0.3 is 14.4 Å². The predicted octanol–water partition coefficient (Wildman–Crippen LogP) is 1.93. The quantitative estimate of drug-likeness (QED) is 0.836. The summed E-state index contributed by atoms with van der Waals surface area (Å²) in [6, 6.07) is 6.00. The average Bonchev–Trinajstić information content (AvgIpc) is 2.40. The maximum Gasteiger partial charge on any atom is 0.260 e. The zero-order chi connectivity index (χ0) is 13.8. The fourth-order valence-corrected chi connectivity index (χ4v) is 2.13. The molecule has 0 N–H and O–H groups in total. The number of nitrogens with zero attached hydrogens (tertiary/aromatic N) is 1. The van der Waals surface area contributed by atoms with E-state index in [9.17, 15) is 4.79 Å². The summed E-state index contributed by atoms with van der Waals surface area (Å²) in [5.41, 5.74) is 2.39. The third-order valence-electron chi connectivity index (χ3n) is 3.53. The first-order valence-corrected chi connectivity index (χ1v) is 6.65. The Morgan fingerprint density at radius 3 is 2.89 bits per heavy atom. The van der Waals surface area contributed by atoms with Gasteiger partial charge in [-0.2, -0.15) is 0 Å². The number of ether oxygens (including phenoxy) is 2.